The van der Waals surface area contributed by atoms with Gasteiger partial charge in [-0.15, -0.1) is 0 Å². The third-order valence-electron chi connectivity index (χ3n) is 4.01. The molecule has 0 aliphatic heterocycles. The number of aliphatic hydroxyl groups is 1. The monoisotopic (exact) mass is 256 g/mol. The van der Waals surface area contributed by atoms with Crippen molar-refractivity contribution in [3.8, 4) is 0 Å². The molecule has 0 spiro atoms. The Bertz CT molecular complexity index is 408. The van der Waals surface area contributed by atoms with E-state index in [4.69, 9.17) is 23.2 Å². The first-order chi connectivity index (χ1) is 7.65. The highest BCUT2D eigenvalue weighted by Crippen LogP contribution is 2.57. The molecule has 2 fully saturated rings. The lowest BCUT2D eigenvalue weighted by Crippen LogP contribution is -2.10. The Labute approximate surface area is 105 Å². The molecule has 1 N–H and O–H groups in total. The molecule has 3 atom stereocenters. The maximum absolute atomic E-state index is 10.3. The highest BCUT2D eigenvalue weighted by atomic mass is 35.5. The number of hydrogen-bond donors (Lipinski definition) is 1. The molecule has 2 aliphatic rings. The van der Waals surface area contributed by atoms with Gasteiger partial charge in [-0.3, -0.25) is 0 Å². The van der Waals surface area contributed by atoms with Crippen molar-refractivity contribution in [1.82, 2.24) is 0 Å². The molecule has 2 aliphatic carbocycles. The van der Waals surface area contributed by atoms with Crippen LogP contribution in [-0.2, 0) is 0 Å². The van der Waals surface area contributed by atoms with Crippen molar-refractivity contribution in [3.63, 3.8) is 0 Å². The predicted octanol–water partition coefficient (Wildman–Crippen LogP) is 4.07. The fourth-order valence-corrected chi connectivity index (χ4v) is 3.29. The summed E-state index contributed by atoms with van der Waals surface area (Å²) in [5, 5.41) is 11.3. The summed E-state index contributed by atoms with van der Waals surface area (Å²) in [6.45, 7) is 0. The summed E-state index contributed by atoms with van der Waals surface area (Å²) in [6.07, 6.45) is 3.35. The highest BCUT2D eigenvalue weighted by molar-refractivity contribution is 6.42. The molecule has 0 bridgehead atoms. The fourth-order valence-electron chi connectivity index (χ4n) is 2.99. The molecule has 0 saturated heterocycles. The molecule has 3 rings (SSSR count). The third-order valence-corrected chi connectivity index (χ3v) is 4.75. The van der Waals surface area contributed by atoms with Crippen LogP contribution in [0.5, 0.6) is 0 Å². The topological polar surface area (TPSA) is 20.2 Å². The van der Waals surface area contributed by atoms with Crippen molar-refractivity contribution in [2.75, 3.05) is 0 Å². The summed E-state index contributed by atoms with van der Waals surface area (Å²) in [6, 6.07) is 5.43. The number of aliphatic hydroxyl groups excluding tert-OH is 1. The van der Waals surface area contributed by atoms with E-state index in [0.717, 1.165) is 17.4 Å². The van der Waals surface area contributed by atoms with Gasteiger partial charge in [0.25, 0.3) is 0 Å². The molecule has 0 heterocycles. The fraction of sp³-hybridized carbons (Fsp3) is 0.538. The molecule has 0 radical (unpaired) electrons. The number of benzene rings is 1. The van der Waals surface area contributed by atoms with E-state index in [9.17, 15) is 5.11 Å². The quantitative estimate of drug-likeness (QED) is 0.846. The van der Waals surface area contributed by atoms with Gasteiger partial charge in [-0.05, 0) is 54.7 Å². The highest BCUT2D eigenvalue weighted by Gasteiger charge is 2.47. The molecule has 2 saturated carbocycles. The number of fused-ring (bicyclic) bond motifs is 1. The summed E-state index contributed by atoms with van der Waals surface area (Å²) < 4.78 is 0. The lowest BCUT2D eigenvalue weighted by molar-refractivity contribution is 0.104. The zero-order valence-electron chi connectivity index (χ0n) is 8.87. The molecule has 1 nitrogen and oxygen atoms in total. The van der Waals surface area contributed by atoms with Crippen LogP contribution in [0, 0.1) is 17.8 Å². The average Bonchev–Trinajstić information content (AvgIpc) is 2.89. The Balaban J connectivity index is 1.77. The van der Waals surface area contributed by atoms with Gasteiger partial charge in [0.05, 0.1) is 16.1 Å². The first-order valence-electron chi connectivity index (χ1n) is 5.78. The Morgan fingerprint density at radius 1 is 1.06 bits per heavy atom. The summed E-state index contributed by atoms with van der Waals surface area (Å²) in [4.78, 5) is 0. The third kappa shape index (κ3) is 1.85. The van der Waals surface area contributed by atoms with Crippen LogP contribution < -0.4 is 0 Å². The van der Waals surface area contributed by atoms with E-state index in [1.807, 2.05) is 6.07 Å². The van der Waals surface area contributed by atoms with Crippen LogP contribution in [0.2, 0.25) is 10.0 Å². The molecular formula is C13H14Cl2O. The molecule has 1 aromatic carbocycles. The van der Waals surface area contributed by atoms with Crippen molar-refractivity contribution >= 4 is 23.2 Å². The minimum absolute atomic E-state index is 0.373. The maximum atomic E-state index is 10.3. The minimum atomic E-state index is -0.373. The van der Waals surface area contributed by atoms with Gasteiger partial charge in [0.1, 0.15) is 0 Å². The lowest BCUT2D eigenvalue weighted by Gasteiger charge is -2.20. The largest absolute Gasteiger partial charge is 0.388 e. The summed E-state index contributed by atoms with van der Waals surface area (Å²) in [5.74, 6) is 2.20. The van der Waals surface area contributed by atoms with Gasteiger partial charge in [-0.2, -0.15) is 0 Å². The van der Waals surface area contributed by atoms with Crippen LogP contribution in [-0.4, -0.2) is 5.11 Å². The van der Waals surface area contributed by atoms with E-state index >= 15 is 0 Å². The van der Waals surface area contributed by atoms with Gasteiger partial charge in [-0.1, -0.05) is 29.3 Å². The summed E-state index contributed by atoms with van der Waals surface area (Å²) >= 11 is 11.8. The molecule has 3 heteroatoms. The van der Waals surface area contributed by atoms with Gasteiger partial charge in [-0.25, -0.2) is 0 Å². The molecule has 1 aromatic rings. The van der Waals surface area contributed by atoms with Crippen LogP contribution >= 0.6 is 23.2 Å². The number of rotatable bonds is 2. The normalized spacial score (nSPS) is 33.6. The smallest absolute Gasteiger partial charge is 0.0818 e. The first kappa shape index (κ1) is 10.9. The number of halogens is 2. The molecule has 86 valence electrons. The van der Waals surface area contributed by atoms with Crippen molar-refractivity contribution in [2.45, 2.75) is 25.4 Å². The Kier molecular flexibility index (Phi) is 2.66. The van der Waals surface area contributed by atoms with Crippen LogP contribution in [0.1, 0.15) is 30.9 Å². The Morgan fingerprint density at radius 2 is 1.75 bits per heavy atom. The van der Waals surface area contributed by atoms with E-state index in [-0.39, 0.29) is 6.10 Å². The minimum Gasteiger partial charge on any atom is -0.388 e. The first-order valence-corrected chi connectivity index (χ1v) is 6.53. The zero-order chi connectivity index (χ0) is 11.3. The molecule has 16 heavy (non-hydrogen) atoms. The van der Waals surface area contributed by atoms with E-state index < -0.39 is 0 Å². The van der Waals surface area contributed by atoms with Gasteiger partial charge in [0, 0.05) is 0 Å². The van der Waals surface area contributed by atoms with Gasteiger partial charge < -0.3 is 5.11 Å². The van der Waals surface area contributed by atoms with Gasteiger partial charge in [0.2, 0.25) is 0 Å². The summed E-state index contributed by atoms with van der Waals surface area (Å²) in [5.41, 5.74) is 0.903. The molecular weight excluding hydrogens is 243 g/mol. The standard InChI is InChI=1S/C13H14Cl2O/c14-11-2-1-7(6-12(11)15)13(16)10-4-8-3-9(8)5-10/h1-2,6,8-10,13,16H,3-5H2. The van der Waals surface area contributed by atoms with Crippen molar-refractivity contribution in [3.05, 3.63) is 33.8 Å². The van der Waals surface area contributed by atoms with Crippen LogP contribution in [0.25, 0.3) is 0 Å². The SMILES string of the molecule is OC(c1ccc(Cl)c(Cl)c1)C1CC2CC2C1. The molecule has 0 amide bonds. The van der Waals surface area contributed by atoms with Gasteiger partial charge >= 0.3 is 0 Å². The molecule has 0 aromatic heterocycles. The summed E-state index contributed by atoms with van der Waals surface area (Å²) in [7, 11) is 0. The second-order valence-corrected chi connectivity index (χ2v) is 5.92. The van der Waals surface area contributed by atoms with Gasteiger partial charge in [0.15, 0.2) is 0 Å². The van der Waals surface area contributed by atoms with E-state index in [1.54, 1.807) is 12.1 Å². The number of hydrogen-bond acceptors (Lipinski definition) is 1. The van der Waals surface area contributed by atoms with E-state index in [0.29, 0.717) is 16.0 Å². The predicted molar refractivity (Wildman–Crippen MR) is 65.7 cm³/mol. The lowest BCUT2D eigenvalue weighted by atomic mass is 9.92. The van der Waals surface area contributed by atoms with E-state index in [1.165, 1.54) is 19.3 Å². The van der Waals surface area contributed by atoms with Crippen LogP contribution in [0.15, 0.2) is 18.2 Å². The zero-order valence-corrected chi connectivity index (χ0v) is 10.4. The van der Waals surface area contributed by atoms with Crippen LogP contribution in [0.3, 0.4) is 0 Å². The Hall–Kier alpha value is -0.240. The van der Waals surface area contributed by atoms with Crippen molar-refractivity contribution in [2.24, 2.45) is 17.8 Å². The van der Waals surface area contributed by atoms with Crippen molar-refractivity contribution in [1.29, 1.82) is 0 Å². The van der Waals surface area contributed by atoms with Crippen molar-refractivity contribution < 1.29 is 5.11 Å². The second-order valence-electron chi connectivity index (χ2n) is 5.11. The second kappa shape index (κ2) is 3.90. The van der Waals surface area contributed by atoms with Crippen LogP contribution in [0.4, 0.5) is 0 Å². The Morgan fingerprint density at radius 3 is 2.38 bits per heavy atom. The molecule has 3 unspecified atom stereocenters. The average molecular weight is 257 g/mol. The maximum Gasteiger partial charge on any atom is 0.0818 e. The van der Waals surface area contributed by atoms with E-state index in [2.05, 4.69) is 0 Å².